The minimum atomic E-state index is -3.74. The van der Waals surface area contributed by atoms with Crippen LogP contribution in [0.15, 0.2) is 88.8 Å². The van der Waals surface area contributed by atoms with Crippen molar-refractivity contribution in [1.29, 1.82) is 0 Å². The Hall–Kier alpha value is -3.49. The van der Waals surface area contributed by atoms with E-state index in [4.69, 9.17) is 0 Å². The van der Waals surface area contributed by atoms with Gasteiger partial charge in [-0.1, -0.05) is 59.4 Å². The molecule has 2 aromatic heterocycles. The number of fused-ring (bicyclic) bond motifs is 2. The van der Waals surface area contributed by atoms with Gasteiger partial charge in [0.25, 0.3) is 0 Å². The Kier molecular flexibility index (Phi) is 5.03. The summed E-state index contributed by atoms with van der Waals surface area (Å²) in [5.41, 5.74) is 2.49. The van der Waals surface area contributed by atoms with Gasteiger partial charge in [-0.3, -0.25) is 4.79 Å². The average molecular weight is 462 g/mol. The van der Waals surface area contributed by atoms with Crippen molar-refractivity contribution >= 4 is 53.3 Å². The zero-order valence-corrected chi connectivity index (χ0v) is 18.8. The highest BCUT2D eigenvalue weighted by molar-refractivity contribution is 7.91. The number of aryl methyl sites for hydroxylation is 1. The van der Waals surface area contributed by atoms with E-state index in [9.17, 15) is 13.2 Å². The molecule has 0 fully saturated rings. The van der Waals surface area contributed by atoms with E-state index < -0.39 is 9.84 Å². The lowest BCUT2D eigenvalue weighted by molar-refractivity contribution is -0.116. The molecule has 0 saturated heterocycles. The van der Waals surface area contributed by atoms with Crippen molar-refractivity contribution in [2.75, 3.05) is 5.32 Å². The van der Waals surface area contributed by atoms with Crippen molar-refractivity contribution in [3.8, 4) is 0 Å². The highest BCUT2D eigenvalue weighted by atomic mass is 32.2. The minimum Gasteiger partial charge on any atom is -0.337 e. The summed E-state index contributed by atoms with van der Waals surface area (Å²) < 4.78 is 29.3. The molecule has 5 rings (SSSR count). The second-order valence-electron chi connectivity index (χ2n) is 7.49. The summed E-state index contributed by atoms with van der Waals surface area (Å²) in [4.78, 5) is 17.6. The van der Waals surface area contributed by atoms with Gasteiger partial charge in [0.1, 0.15) is 6.54 Å². The van der Waals surface area contributed by atoms with Crippen LogP contribution in [0.3, 0.4) is 0 Å². The molecule has 3 aromatic carbocycles. The quantitative estimate of drug-likeness (QED) is 0.398. The highest BCUT2D eigenvalue weighted by Crippen LogP contribution is 2.31. The van der Waals surface area contributed by atoms with Crippen LogP contribution < -0.4 is 5.32 Å². The predicted molar refractivity (Wildman–Crippen MR) is 127 cm³/mol. The van der Waals surface area contributed by atoms with E-state index >= 15 is 0 Å². The molecule has 2 heterocycles. The van der Waals surface area contributed by atoms with E-state index in [0.29, 0.717) is 16.0 Å². The largest absolute Gasteiger partial charge is 0.337 e. The van der Waals surface area contributed by atoms with E-state index in [1.165, 1.54) is 17.5 Å². The maximum atomic E-state index is 13.3. The van der Waals surface area contributed by atoms with Gasteiger partial charge in [0.15, 0.2) is 5.13 Å². The standard InChI is InChI=1S/C24H19N3O3S2/c1-16-10-12-17(13-11-16)32(29,30)22-14-27(20-8-4-2-6-18(20)22)15-23(28)26-24-25-19-7-3-5-9-21(19)31-24/h2-14H,15H2,1H3,(H,25,26,28). The lowest BCUT2D eigenvalue weighted by Crippen LogP contribution is -2.18. The molecule has 0 atom stereocenters. The van der Waals surface area contributed by atoms with E-state index in [0.717, 1.165) is 15.8 Å². The fourth-order valence-electron chi connectivity index (χ4n) is 3.64. The molecule has 0 radical (unpaired) electrons. The molecule has 0 aliphatic rings. The topological polar surface area (TPSA) is 81.1 Å². The van der Waals surface area contributed by atoms with Gasteiger partial charge >= 0.3 is 0 Å². The molecule has 6 nitrogen and oxygen atoms in total. The number of rotatable bonds is 5. The van der Waals surface area contributed by atoms with Gasteiger partial charge in [-0.15, -0.1) is 0 Å². The van der Waals surface area contributed by atoms with Crippen LogP contribution in [0, 0.1) is 6.92 Å². The number of sulfone groups is 1. The molecule has 0 aliphatic carbocycles. The lowest BCUT2D eigenvalue weighted by atomic mass is 10.2. The van der Waals surface area contributed by atoms with Crippen LogP contribution in [0.5, 0.6) is 0 Å². The number of benzene rings is 3. The van der Waals surface area contributed by atoms with E-state index in [1.807, 2.05) is 43.3 Å². The molecule has 0 saturated carbocycles. The van der Waals surface area contributed by atoms with Crippen molar-refractivity contribution in [2.24, 2.45) is 0 Å². The molecule has 1 amide bonds. The number of hydrogen-bond acceptors (Lipinski definition) is 5. The van der Waals surface area contributed by atoms with E-state index in [-0.39, 0.29) is 22.2 Å². The Balaban J connectivity index is 1.48. The number of para-hydroxylation sites is 2. The molecule has 1 N–H and O–H groups in total. The van der Waals surface area contributed by atoms with Crippen molar-refractivity contribution in [2.45, 2.75) is 23.3 Å². The number of anilines is 1. The van der Waals surface area contributed by atoms with Crippen LogP contribution in [0.2, 0.25) is 0 Å². The number of aromatic nitrogens is 2. The first-order valence-corrected chi connectivity index (χ1v) is 12.3. The number of carbonyl (C=O) groups excluding carboxylic acids is 1. The predicted octanol–water partition coefficient (Wildman–Crippen LogP) is 5.03. The molecule has 0 aliphatic heterocycles. The summed E-state index contributed by atoms with van der Waals surface area (Å²) in [7, 11) is -3.74. The second kappa shape index (κ2) is 7.89. The van der Waals surface area contributed by atoms with E-state index in [1.54, 1.807) is 41.0 Å². The fraction of sp³-hybridized carbons (Fsp3) is 0.0833. The summed E-state index contributed by atoms with van der Waals surface area (Å²) in [6.45, 7) is 1.88. The first kappa shape index (κ1) is 20.4. The Morgan fingerprint density at radius 2 is 1.72 bits per heavy atom. The van der Waals surface area contributed by atoms with Crippen molar-refractivity contribution < 1.29 is 13.2 Å². The summed E-state index contributed by atoms with van der Waals surface area (Å²) in [6.07, 6.45) is 1.54. The molecule has 0 bridgehead atoms. The van der Waals surface area contributed by atoms with Gasteiger partial charge in [0.2, 0.25) is 15.7 Å². The van der Waals surface area contributed by atoms with Crippen LogP contribution in [-0.4, -0.2) is 23.9 Å². The zero-order valence-electron chi connectivity index (χ0n) is 17.1. The first-order valence-electron chi connectivity index (χ1n) is 9.97. The van der Waals surface area contributed by atoms with Crippen molar-refractivity contribution in [3.05, 3.63) is 84.6 Å². The summed E-state index contributed by atoms with van der Waals surface area (Å²) in [5.74, 6) is -0.274. The second-order valence-corrected chi connectivity index (χ2v) is 10.4. The SMILES string of the molecule is Cc1ccc(S(=O)(=O)c2cn(CC(=O)Nc3nc4ccccc4s3)c3ccccc23)cc1. The summed E-state index contributed by atoms with van der Waals surface area (Å²) in [6, 6.07) is 21.6. The normalized spacial score (nSPS) is 11.8. The van der Waals surface area contributed by atoms with Crippen molar-refractivity contribution in [1.82, 2.24) is 9.55 Å². The maximum Gasteiger partial charge on any atom is 0.246 e. The maximum absolute atomic E-state index is 13.3. The fourth-order valence-corrected chi connectivity index (χ4v) is 6.00. The van der Waals surface area contributed by atoms with Gasteiger partial charge in [-0.25, -0.2) is 13.4 Å². The number of nitrogens with zero attached hydrogens (tertiary/aromatic N) is 2. The number of hydrogen-bond donors (Lipinski definition) is 1. The molecule has 0 unspecified atom stereocenters. The van der Waals surface area contributed by atoms with Gasteiger partial charge in [0.05, 0.1) is 20.0 Å². The van der Waals surface area contributed by atoms with E-state index in [2.05, 4.69) is 10.3 Å². The van der Waals surface area contributed by atoms with Gasteiger partial charge in [0, 0.05) is 17.1 Å². The van der Waals surface area contributed by atoms with Crippen LogP contribution in [-0.2, 0) is 21.2 Å². The summed E-state index contributed by atoms with van der Waals surface area (Å²) in [5, 5.41) is 3.93. The van der Waals surface area contributed by atoms with Crippen LogP contribution in [0.1, 0.15) is 5.56 Å². The van der Waals surface area contributed by atoms with Crippen LogP contribution in [0.4, 0.5) is 5.13 Å². The number of amides is 1. The number of carbonyl (C=O) groups is 1. The Labute approximate surface area is 189 Å². The first-order chi connectivity index (χ1) is 15.4. The molecule has 0 spiro atoms. The smallest absolute Gasteiger partial charge is 0.246 e. The molecule has 32 heavy (non-hydrogen) atoms. The number of nitrogens with one attached hydrogen (secondary N) is 1. The van der Waals surface area contributed by atoms with Crippen molar-refractivity contribution in [3.63, 3.8) is 0 Å². The van der Waals surface area contributed by atoms with Gasteiger partial charge in [-0.05, 0) is 37.3 Å². The third-order valence-corrected chi connectivity index (χ3v) is 7.98. The Morgan fingerprint density at radius 3 is 2.50 bits per heavy atom. The highest BCUT2D eigenvalue weighted by Gasteiger charge is 2.24. The monoisotopic (exact) mass is 461 g/mol. The average Bonchev–Trinajstić information content (AvgIpc) is 3.35. The Bertz CT molecular complexity index is 1530. The Morgan fingerprint density at radius 1 is 1.00 bits per heavy atom. The molecular formula is C24H19N3O3S2. The minimum absolute atomic E-state index is 0.0279. The van der Waals surface area contributed by atoms with Gasteiger partial charge < -0.3 is 9.88 Å². The molecular weight excluding hydrogens is 442 g/mol. The molecule has 5 aromatic rings. The van der Waals surface area contributed by atoms with Gasteiger partial charge in [-0.2, -0.15) is 0 Å². The number of thiazole rings is 1. The van der Waals surface area contributed by atoms with Crippen LogP contribution >= 0.6 is 11.3 Å². The third kappa shape index (κ3) is 3.68. The zero-order chi connectivity index (χ0) is 22.3. The third-order valence-electron chi connectivity index (χ3n) is 5.23. The summed E-state index contributed by atoms with van der Waals surface area (Å²) >= 11 is 1.40. The molecule has 8 heteroatoms. The lowest BCUT2D eigenvalue weighted by Gasteiger charge is -2.05. The molecule has 160 valence electrons. The van der Waals surface area contributed by atoms with Crippen LogP contribution in [0.25, 0.3) is 21.1 Å².